The minimum absolute atomic E-state index is 0.163. The van der Waals surface area contributed by atoms with Gasteiger partial charge in [0.15, 0.2) is 0 Å². The van der Waals surface area contributed by atoms with Crippen LogP contribution in [0.25, 0.3) is 0 Å². The van der Waals surface area contributed by atoms with Crippen molar-refractivity contribution in [2.24, 2.45) is 0 Å². The van der Waals surface area contributed by atoms with Crippen molar-refractivity contribution in [3.63, 3.8) is 0 Å². The first-order chi connectivity index (χ1) is 11.6. The summed E-state index contributed by atoms with van der Waals surface area (Å²) >= 11 is 0. The molecule has 128 valence electrons. The molecule has 0 unspecified atom stereocenters. The van der Waals surface area contributed by atoms with E-state index in [1.165, 1.54) is 0 Å². The van der Waals surface area contributed by atoms with Gasteiger partial charge in [0.2, 0.25) is 0 Å². The molecule has 0 bridgehead atoms. The Bertz CT molecular complexity index is 639. The van der Waals surface area contributed by atoms with Crippen LogP contribution in [0.5, 0.6) is 5.75 Å². The van der Waals surface area contributed by atoms with E-state index < -0.39 is 0 Å². The monoisotopic (exact) mass is 328 g/mol. The van der Waals surface area contributed by atoms with Gasteiger partial charge >= 0.3 is 0 Å². The number of pyridine rings is 1. The summed E-state index contributed by atoms with van der Waals surface area (Å²) in [4.78, 5) is 18.2. The van der Waals surface area contributed by atoms with Crippen LogP contribution in [-0.4, -0.2) is 49.6 Å². The molecule has 1 aromatic heterocycles. The van der Waals surface area contributed by atoms with E-state index in [4.69, 9.17) is 4.74 Å². The van der Waals surface area contributed by atoms with Crippen LogP contribution in [0.2, 0.25) is 0 Å². The third-order valence-corrected chi connectivity index (χ3v) is 3.29. The van der Waals surface area contributed by atoms with Gasteiger partial charge in [0.1, 0.15) is 11.4 Å². The lowest BCUT2D eigenvalue weighted by molar-refractivity contribution is 0.0946. The van der Waals surface area contributed by atoms with Gasteiger partial charge in [-0.05, 0) is 57.4 Å². The van der Waals surface area contributed by atoms with Crippen molar-refractivity contribution >= 4 is 17.3 Å². The Morgan fingerprint density at radius 2 is 1.83 bits per heavy atom. The summed E-state index contributed by atoms with van der Waals surface area (Å²) in [6, 6.07) is 11.2. The fourth-order valence-electron chi connectivity index (χ4n) is 2.05. The number of amides is 1. The SMILES string of the molecule is CCOc1ccc(Nc2ccc(C(=O)NCCN(C)C)nc2)cc1. The van der Waals surface area contributed by atoms with Crippen LogP contribution >= 0.6 is 0 Å². The number of rotatable bonds is 8. The minimum Gasteiger partial charge on any atom is -0.494 e. The molecule has 0 saturated carbocycles. The predicted octanol–water partition coefficient (Wildman–Crippen LogP) is 2.52. The zero-order chi connectivity index (χ0) is 17.4. The maximum atomic E-state index is 12.0. The molecule has 1 amide bonds. The Morgan fingerprint density at radius 1 is 1.12 bits per heavy atom. The van der Waals surface area contributed by atoms with Crippen molar-refractivity contribution in [1.82, 2.24) is 15.2 Å². The van der Waals surface area contributed by atoms with Crippen molar-refractivity contribution in [3.8, 4) is 5.75 Å². The fraction of sp³-hybridized carbons (Fsp3) is 0.333. The number of ether oxygens (including phenoxy) is 1. The van der Waals surface area contributed by atoms with E-state index >= 15 is 0 Å². The Morgan fingerprint density at radius 3 is 2.42 bits per heavy atom. The van der Waals surface area contributed by atoms with Crippen molar-refractivity contribution in [2.75, 3.05) is 39.1 Å². The third-order valence-electron chi connectivity index (χ3n) is 3.29. The van der Waals surface area contributed by atoms with E-state index in [1.54, 1.807) is 12.3 Å². The van der Waals surface area contributed by atoms with Gasteiger partial charge in [-0.1, -0.05) is 0 Å². The highest BCUT2D eigenvalue weighted by molar-refractivity contribution is 5.92. The highest BCUT2D eigenvalue weighted by Gasteiger charge is 2.06. The molecule has 1 heterocycles. The van der Waals surface area contributed by atoms with Gasteiger partial charge in [-0.25, -0.2) is 4.98 Å². The van der Waals surface area contributed by atoms with Crippen LogP contribution < -0.4 is 15.4 Å². The van der Waals surface area contributed by atoms with Crippen molar-refractivity contribution < 1.29 is 9.53 Å². The van der Waals surface area contributed by atoms with Crippen LogP contribution in [0.4, 0.5) is 11.4 Å². The molecule has 24 heavy (non-hydrogen) atoms. The zero-order valence-corrected chi connectivity index (χ0v) is 14.4. The lowest BCUT2D eigenvalue weighted by Gasteiger charge is -2.11. The maximum Gasteiger partial charge on any atom is 0.269 e. The standard InChI is InChI=1S/C18H24N4O2/c1-4-24-16-8-5-14(6-9-16)21-15-7-10-17(20-13-15)18(23)19-11-12-22(2)3/h5-10,13,21H,4,11-12H2,1-3H3,(H,19,23). The molecule has 0 aliphatic carbocycles. The summed E-state index contributed by atoms with van der Waals surface area (Å²) < 4.78 is 5.41. The molecule has 0 fully saturated rings. The molecule has 6 heteroatoms. The average Bonchev–Trinajstić information content (AvgIpc) is 2.57. The first-order valence-electron chi connectivity index (χ1n) is 7.97. The largest absolute Gasteiger partial charge is 0.494 e. The van der Waals surface area contributed by atoms with Gasteiger partial charge in [0.05, 0.1) is 18.5 Å². The summed E-state index contributed by atoms with van der Waals surface area (Å²) in [5.41, 5.74) is 2.17. The van der Waals surface area contributed by atoms with Gasteiger partial charge in [0.25, 0.3) is 5.91 Å². The number of hydrogen-bond donors (Lipinski definition) is 2. The van der Waals surface area contributed by atoms with Gasteiger partial charge in [0, 0.05) is 18.8 Å². The number of carbonyl (C=O) groups excluding carboxylic acids is 1. The Hall–Kier alpha value is -2.60. The van der Waals surface area contributed by atoms with Crippen LogP contribution in [0.1, 0.15) is 17.4 Å². The molecule has 0 saturated heterocycles. The first kappa shape index (κ1) is 17.7. The van der Waals surface area contributed by atoms with Gasteiger partial charge in [-0.2, -0.15) is 0 Å². The summed E-state index contributed by atoms with van der Waals surface area (Å²) in [5.74, 6) is 0.676. The van der Waals surface area contributed by atoms with E-state index in [0.29, 0.717) is 18.8 Å². The second kappa shape index (κ2) is 8.88. The van der Waals surface area contributed by atoms with Crippen LogP contribution in [0, 0.1) is 0 Å². The fourth-order valence-corrected chi connectivity index (χ4v) is 2.05. The van der Waals surface area contributed by atoms with Crippen LogP contribution in [0.3, 0.4) is 0 Å². The molecule has 2 N–H and O–H groups in total. The molecule has 0 aliphatic heterocycles. The molecule has 2 aromatic rings. The first-order valence-corrected chi connectivity index (χ1v) is 7.97. The summed E-state index contributed by atoms with van der Waals surface area (Å²) in [6.45, 7) is 3.99. The molecular formula is C18H24N4O2. The van der Waals surface area contributed by atoms with E-state index in [-0.39, 0.29) is 5.91 Å². The molecule has 6 nitrogen and oxygen atoms in total. The molecule has 2 rings (SSSR count). The molecule has 1 aromatic carbocycles. The van der Waals surface area contributed by atoms with E-state index in [2.05, 4.69) is 15.6 Å². The Labute approximate surface area is 142 Å². The second-order valence-corrected chi connectivity index (χ2v) is 5.57. The van der Waals surface area contributed by atoms with E-state index in [0.717, 1.165) is 23.7 Å². The summed E-state index contributed by atoms with van der Waals surface area (Å²) in [5, 5.41) is 6.08. The quantitative estimate of drug-likeness (QED) is 0.779. The number of nitrogens with one attached hydrogen (secondary N) is 2. The highest BCUT2D eigenvalue weighted by Crippen LogP contribution is 2.19. The number of hydrogen-bond acceptors (Lipinski definition) is 5. The third kappa shape index (κ3) is 5.55. The number of likely N-dealkylation sites (N-methyl/N-ethyl adjacent to an activating group) is 1. The zero-order valence-electron chi connectivity index (χ0n) is 14.4. The smallest absolute Gasteiger partial charge is 0.269 e. The second-order valence-electron chi connectivity index (χ2n) is 5.57. The molecule has 0 atom stereocenters. The predicted molar refractivity (Wildman–Crippen MR) is 96.0 cm³/mol. The number of carbonyl (C=O) groups is 1. The Kier molecular flexibility index (Phi) is 6.57. The molecular weight excluding hydrogens is 304 g/mol. The van der Waals surface area contributed by atoms with Crippen molar-refractivity contribution in [3.05, 3.63) is 48.3 Å². The summed E-state index contributed by atoms with van der Waals surface area (Å²) in [6.07, 6.45) is 1.65. The Balaban J connectivity index is 1.90. The normalized spacial score (nSPS) is 10.5. The summed E-state index contributed by atoms with van der Waals surface area (Å²) in [7, 11) is 3.93. The lowest BCUT2D eigenvalue weighted by atomic mass is 10.2. The van der Waals surface area contributed by atoms with Gasteiger partial charge in [-0.3, -0.25) is 4.79 Å². The van der Waals surface area contributed by atoms with Crippen LogP contribution in [0.15, 0.2) is 42.6 Å². The molecule has 0 radical (unpaired) electrons. The topological polar surface area (TPSA) is 66.5 Å². The lowest BCUT2D eigenvalue weighted by Crippen LogP contribution is -2.31. The molecule has 0 aliphatic rings. The minimum atomic E-state index is -0.163. The maximum absolute atomic E-state index is 12.0. The molecule has 0 spiro atoms. The van der Waals surface area contributed by atoms with Gasteiger partial charge < -0.3 is 20.3 Å². The number of benzene rings is 1. The van der Waals surface area contributed by atoms with Crippen molar-refractivity contribution in [2.45, 2.75) is 6.92 Å². The number of anilines is 2. The van der Waals surface area contributed by atoms with E-state index in [9.17, 15) is 4.79 Å². The van der Waals surface area contributed by atoms with Crippen LogP contribution in [-0.2, 0) is 0 Å². The number of nitrogens with zero attached hydrogens (tertiary/aromatic N) is 2. The van der Waals surface area contributed by atoms with Crippen molar-refractivity contribution in [1.29, 1.82) is 0 Å². The van der Waals surface area contributed by atoms with E-state index in [1.807, 2.05) is 56.3 Å². The van der Waals surface area contributed by atoms with Gasteiger partial charge in [-0.15, -0.1) is 0 Å². The number of aromatic nitrogens is 1. The average molecular weight is 328 g/mol. The highest BCUT2D eigenvalue weighted by atomic mass is 16.5.